The number of rotatable bonds is 4. The molecule has 2 rings (SSSR count). The van der Waals surface area contributed by atoms with Crippen LogP contribution in [0.15, 0.2) is 48.5 Å². The topological polar surface area (TPSA) is 49.8 Å². The van der Waals surface area contributed by atoms with Crippen molar-refractivity contribution in [3.05, 3.63) is 54.1 Å². The van der Waals surface area contributed by atoms with Crippen molar-refractivity contribution in [3.63, 3.8) is 0 Å². The molecule has 0 atom stereocenters. The van der Waals surface area contributed by atoms with Gasteiger partial charge in [0.15, 0.2) is 0 Å². The second-order valence-electron chi connectivity index (χ2n) is 4.16. The second-order valence-corrected chi connectivity index (χ2v) is 4.62. The van der Waals surface area contributed by atoms with Crippen LogP contribution in [0.25, 0.3) is 0 Å². The zero-order valence-electron chi connectivity index (χ0n) is 10.9. The minimum Gasteiger partial charge on any atom is -0.508 e. The number of alkyl halides is 1. The molecule has 104 valence electrons. The number of halogens is 1. The van der Waals surface area contributed by atoms with Crippen LogP contribution in [0.1, 0.15) is 10.4 Å². The first-order chi connectivity index (χ1) is 9.61. The average Bonchev–Trinajstić information content (AvgIpc) is 2.48. The summed E-state index contributed by atoms with van der Waals surface area (Å²) >= 11 is 3.18. The third kappa shape index (κ3) is 3.30. The van der Waals surface area contributed by atoms with Crippen LogP contribution >= 0.6 is 15.9 Å². The van der Waals surface area contributed by atoms with Gasteiger partial charge in [-0.25, -0.2) is 0 Å². The Bertz CT molecular complexity index is 581. The number of benzene rings is 2. The zero-order chi connectivity index (χ0) is 14.5. The molecule has 1 N–H and O–H groups in total. The lowest BCUT2D eigenvalue weighted by Gasteiger charge is -2.17. The SMILES string of the molecule is CN(C(=O)c1ccc(OCBr)cc1)c1ccc(O)cc1. The van der Waals surface area contributed by atoms with E-state index < -0.39 is 0 Å². The Balaban J connectivity index is 2.15. The summed E-state index contributed by atoms with van der Waals surface area (Å²) in [4.78, 5) is 13.8. The van der Waals surface area contributed by atoms with E-state index >= 15 is 0 Å². The maximum atomic E-state index is 12.3. The Morgan fingerprint density at radius 3 is 2.30 bits per heavy atom. The van der Waals surface area contributed by atoms with Gasteiger partial charge in [-0.1, -0.05) is 0 Å². The molecule has 0 heterocycles. The highest BCUT2D eigenvalue weighted by Crippen LogP contribution is 2.20. The van der Waals surface area contributed by atoms with Crippen LogP contribution < -0.4 is 9.64 Å². The van der Waals surface area contributed by atoms with Crippen molar-refractivity contribution >= 4 is 27.5 Å². The van der Waals surface area contributed by atoms with Crippen molar-refractivity contribution in [2.75, 3.05) is 17.5 Å². The number of carbonyl (C=O) groups is 1. The lowest BCUT2D eigenvalue weighted by Crippen LogP contribution is -2.26. The highest BCUT2D eigenvalue weighted by atomic mass is 79.9. The van der Waals surface area contributed by atoms with Gasteiger partial charge in [-0.3, -0.25) is 4.79 Å². The Morgan fingerprint density at radius 1 is 1.15 bits per heavy atom. The summed E-state index contributed by atoms with van der Waals surface area (Å²) < 4.78 is 5.26. The van der Waals surface area contributed by atoms with Gasteiger partial charge in [-0.2, -0.15) is 0 Å². The van der Waals surface area contributed by atoms with Crippen molar-refractivity contribution in [1.82, 2.24) is 0 Å². The van der Waals surface area contributed by atoms with Gasteiger partial charge < -0.3 is 14.7 Å². The second kappa shape index (κ2) is 6.43. The molecule has 0 aliphatic heterocycles. The standard InChI is InChI=1S/C15H14BrNO3/c1-17(12-4-6-13(18)7-5-12)15(19)11-2-8-14(9-3-11)20-10-16/h2-9,18H,10H2,1H3. The van der Waals surface area contributed by atoms with Gasteiger partial charge in [-0.05, 0) is 64.5 Å². The monoisotopic (exact) mass is 335 g/mol. The molecule has 0 aliphatic rings. The van der Waals surface area contributed by atoms with Gasteiger partial charge in [0.25, 0.3) is 5.91 Å². The van der Waals surface area contributed by atoms with Crippen LogP contribution in [0.2, 0.25) is 0 Å². The fraction of sp³-hybridized carbons (Fsp3) is 0.133. The lowest BCUT2D eigenvalue weighted by atomic mass is 10.2. The summed E-state index contributed by atoms with van der Waals surface area (Å²) in [5.74, 6) is 0.748. The van der Waals surface area contributed by atoms with E-state index in [0.717, 1.165) is 0 Å². The highest BCUT2D eigenvalue weighted by Gasteiger charge is 2.13. The van der Waals surface area contributed by atoms with E-state index in [0.29, 0.717) is 22.5 Å². The third-order valence-electron chi connectivity index (χ3n) is 2.86. The van der Waals surface area contributed by atoms with E-state index in [1.54, 1.807) is 55.6 Å². The highest BCUT2D eigenvalue weighted by molar-refractivity contribution is 9.09. The Kier molecular flexibility index (Phi) is 4.63. The van der Waals surface area contributed by atoms with Crippen LogP contribution in [-0.4, -0.2) is 23.6 Å². The summed E-state index contributed by atoms with van der Waals surface area (Å²) in [5, 5.41) is 9.25. The molecule has 2 aromatic rings. The number of amides is 1. The molecule has 2 aromatic carbocycles. The lowest BCUT2D eigenvalue weighted by molar-refractivity contribution is 0.0993. The third-order valence-corrected chi connectivity index (χ3v) is 3.09. The number of hydrogen-bond donors (Lipinski definition) is 1. The van der Waals surface area contributed by atoms with Crippen LogP contribution in [0.5, 0.6) is 11.5 Å². The first-order valence-corrected chi connectivity index (χ1v) is 7.10. The summed E-state index contributed by atoms with van der Waals surface area (Å²) in [6, 6.07) is 13.4. The molecule has 0 saturated heterocycles. The quantitative estimate of drug-likeness (QED) is 0.871. The smallest absolute Gasteiger partial charge is 0.258 e. The van der Waals surface area contributed by atoms with E-state index in [1.807, 2.05) is 0 Å². The van der Waals surface area contributed by atoms with Crippen molar-refractivity contribution in [2.45, 2.75) is 0 Å². The number of aromatic hydroxyl groups is 1. The number of hydrogen-bond acceptors (Lipinski definition) is 3. The molecule has 0 spiro atoms. The summed E-state index contributed by atoms with van der Waals surface area (Å²) in [6.45, 7) is 0. The number of carbonyl (C=O) groups excluding carboxylic acids is 1. The molecule has 4 nitrogen and oxygen atoms in total. The largest absolute Gasteiger partial charge is 0.508 e. The minimum atomic E-state index is -0.124. The van der Waals surface area contributed by atoms with Gasteiger partial charge in [-0.15, -0.1) is 0 Å². The minimum absolute atomic E-state index is 0.124. The molecular formula is C15H14BrNO3. The number of anilines is 1. The van der Waals surface area contributed by atoms with Crippen LogP contribution in [0, 0.1) is 0 Å². The fourth-order valence-corrected chi connectivity index (χ4v) is 2.01. The summed E-state index contributed by atoms with van der Waals surface area (Å²) in [7, 11) is 1.69. The van der Waals surface area contributed by atoms with Crippen LogP contribution in [0.3, 0.4) is 0 Å². The van der Waals surface area contributed by atoms with Gasteiger partial charge in [0.2, 0.25) is 0 Å². The van der Waals surface area contributed by atoms with Gasteiger partial charge in [0.05, 0.1) is 0 Å². The van der Waals surface area contributed by atoms with Gasteiger partial charge >= 0.3 is 0 Å². The number of phenols is 1. The zero-order valence-corrected chi connectivity index (χ0v) is 12.5. The first kappa shape index (κ1) is 14.4. The number of phenolic OH excluding ortho intramolecular Hbond substituents is 1. The molecule has 0 radical (unpaired) electrons. The van der Waals surface area contributed by atoms with Crippen molar-refractivity contribution in [2.24, 2.45) is 0 Å². The Morgan fingerprint density at radius 2 is 1.75 bits per heavy atom. The first-order valence-electron chi connectivity index (χ1n) is 5.97. The molecule has 1 amide bonds. The summed E-state index contributed by atoms with van der Waals surface area (Å²) in [5.41, 5.74) is 1.70. The molecule has 0 saturated carbocycles. The van der Waals surface area contributed by atoms with E-state index in [4.69, 9.17) is 4.74 Å². The molecular weight excluding hydrogens is 322 g/mol. The van der Waals surface area contributed by atoms with E-state index in [1.165, 1.54) is 4.90 Å². The normalized spacial score (nSPS) is 10.1. The molecule has 0 fully saturated rings. The van der Waals surface area contributed by atoms with Crippen molar-refractivity contribution < 1.29 is 14.6 Å². The average molecular weight is 336 g/mol. The molecule has 0 aromatic heterocycles. The van der Waals surface area contributed by atoms with Gasteiger partial charge in [0.1, 0.15) is 17.0 Å². The van der Waals surface area contributed by atoms with E-state index in [-0.39, 0.29) is 11.7 Å². The van der Waals surface area contributed by atoms with Crippen molar-refractivity contribution in [3.8, 4) is 11.5 Å². The predicted molar refractivity (Wildman–Crippen MR) is 81.7 cm³/mol. The van der Waals surface area contributed by atoms with Gasteiger partial charge in [0, 0.05) is 18.3 Å². The predicted octanol–water partition coefficient (Wildman–Crippen LogP) is 3.40. The molecule has 0 aliphatic carbocycles. The molecule has 0 bridgehead atoms. The van der Waals surface area contributed by atoms with E-state index in [2.05, 4.69) is 15.9 Å². The van der Waals surface area contributed by atoms with E-state index in [9.17, 15) is 9.90 Å². The maximum Gasteiger partial charge on any atom is 0.258 e. The van der Waals surface area contributed by atoms with Crippen LogP contribution in [-0.2, 0) is 0 Å². The maximum absolute atomic E-state index is 12.3. The Labute approximate surface area is 125 Å². The van der Waals surface area contributed by atoms with Crippen molar-refractivity contribution in [1.29, 1.82) is 0 Å². The fourth-order valence-electron chi connectivity index (χ4n) is 1.74. The molecule has 5 heteroatoms. The molecule has 0 unspecified atom stereocenters. The Hall–Kier alpha value is -2.01. The summed E-state index contributed by atoms with van der Waals surface area (Å²) in [6.07, 6.45) is 0. The van der Waals surface area contributed by atoms with Crippen LogP contribution in [0.4, 0.5) is 5.69 Å². The number of ether oxygens (including phenoxy) is 1. The number of nitrogens with zero attached hydrogens (tertiary/aromatic N) is 1. The molecule has 20 heavy (non-hydrogen) atoms.